The number of amides is 1. The maximum Gasteiger partial charge on any atom is 0.255 e. The van der Waals surface area contributed by atoms with E-state index in [9.17, 15) is 9.90 Å². The third-order valence-electron chi connectivity index (χ3n) is 4.43. The Labute approximate surface area is 142 Å². The van der Waals surface area contributed by atoms with E-state index in [4.69, 9.17) is 0 Å². The van der Waals surface area contributed by atoms with Crippen LogP contribution in [0.5, 0.6) is 0 Å². The predicted molar refractivity (Wildman–Crippen MR) is 94.0 cm³/mol. The summed E-state index contributed by atoms with van der Waals surface area (Å²) in [4.78, 5) is 18.4. The van der Waals surface area contributed by atoms with Gasteiger partial charge in [0.15, 0.2) is 0 Å². The molecule has 0 spiro atoms. The first-order valence-corrected chi connectivity index (χ1v) is 8.41. The quantitative estimate of drug-likeness (QED) is 0.885. The summed E-state index contributed by atoms with van der Waals surface area (Å²) in [6.45, 7) is 2.96. The number of hydrogen-bond donors (Lipinski definition) is 2. The van der Waals surface area contributed by atoms with Gasteiger partial charge in [0.2, 0.25) is 0 Å². The molecule has 24 heavy (non-hydrogen) atoms. The van der Waals surface area contributed by atoms with Gasteiger partial charge >= 0.3 is 0 Å². The van der Waals surface area contributed by atoms with Crippen molar-refractivity contribution in [2.75, 3.05) is 25.0 Å². The van der Waals surface area contributed by atoms with Gasteiger partial charge in [-0.25, -0.2) is 0 Å². The molecule has 5 nitrogen and oxygen atoms in total. The van der Waals surface area contributed by atoms with Gasteiger partial charge in [0.05, 0.1) is 6.10 Å². The summed E-state index contributed by atoms with van der Waals surface area (Å²) in [5.41, 5.74) is 2.64. The van der Waals surface area contributed by atoms with Crippen LogP contribution >= 0.6 is 0 Å². The molecule has 3 rings (SSSR count). The summed E-state index contributed by atoms with van der Waals surface area (Å²) < 4.78 is 0. The van der Waals surface area contributed by atoms with Crippen LogP contribution in [0.2, 0.25) is 0 Å². The van der Waals surface area contributed by atoms with Crippen molar-refractivity contribution in [1.82, 2.24) is 9.88 Å². The highest BCUT2D eigenvalue weighted by molar-refractivity contribution is 6.04. The molecular formula is C19H23N3O2. The molecule has 1 amide bonds. The standard InChI is InChI=1S/C19H23N3O2/c23-18-8-13-22(14-9-18)12-7-15-1-3-17(4-2-15)21-19(24)16-5-10-20-11-6-16/h1-6,10-11,18,23H,7-9,12-14H2,(H,21,24). The maximum atomic E-state index is 12.1. The van der Waals surface area contributed by atoms with Crippen molar-refractivity contribution in [3.05, 3.63) is 59.9 Å². The number of carbonyl (C=O) groups excluding carboxylic acids is 1. The van der Waals surface area contributed by atoms with E-state index in [1.54, 1.807) is 24.5 Å². The number of aliphatic hydroxyl groups excluding tert-OH is 1. The number of rotatable bonds is 5. The fraction of sp³-hybridized carbons (Fsp3) is 0.368. The Balaban J connectivity index is 1.49. The predicted octanol–water partition coefficient (Wildman–Crippen LogP) is 2.33. The molecule has 126 valence electrons. The van der Waals surface area contributed by atoms with Crippen LogP contribution in [-0.2, 0) is 6.42 Å². The zero-order valence-electron chi connectivity index (χ0n) is 13.7. The summed E-state index contributed by atoms with van der Waals surface area (Å²) in [7, 11) is 0. The molecule has 1 aromatic carbocycles. The van der Waals surface area contributed by atoms with Crippen LogP contribution in [0, 0.1) is 0 Å². The van der Waals surface area contributed by atoms with Crippen molar-refractivity contribution in [2.45, 2.75) is 25.4 Å². The third-order valence-corrected chi connectivity index (χ3v) is 4.43. The number of likely N-dealkylation sites (tertiary alicyclic amines) is 1. The number of aromatic nitrogens is 1. The minimum Gasteiger partial charge on any atom is -0.393 e. The second kappa shape index (κ2) is 8.04. The average molecular weight is 325 g/mol. The van der Waals surface area contributed by atoms with Gasteiger partial charge in [-0.2, -0.15) is 0 Å². The average Bonchev–Trinajstić information content (AvgIpc) is 2.63. The maximum absolute atomic E-state index is 12.1. The van der Waals surface area contributed by atoms with Crippen LogP contribution in [0.15, 0.2) is 48.8 Å². The number of pyridine rings is 1. The minimum atomic E-state index is -0.128. The van der Waals surface area contributed by atoms with Crippen molar-refractivity contribution >= 4 is 11.6 Å². The number of aliphatic hydroxyl groups is 1. The summed E-state index contributed by atoms with van der Waals surface area (Å²) in [6, 6.07) is 11.4. The largest absolute Gasteiger partial charge is 0.393 e. The molecule has 0 atom stereocenters. The zero-order chi connectivity index (χ0) is 16.8. The monoisotopic (exact) mass is 325 g/mol. The second-order valence-corrected chi connectivity index (χ2v) is 6.21. The summed E-state index contributed by atoms with van der Waals surface area (Å²) in [5, 5.41) is 12.4. The van der Waals surface area contributed by atoms with E-state index < -0.39 is 0 Å². The second-order valence-electron chi connectivity index (χ2n) is 6.21. The molecule has 5 heteroatoms. The highest BCUT2D eigenvalue weighted by Gasteiger charge is 2.16. The van der Waals surface area contributed by atoms with Gasteiger partial charge in [-0.15, -0.1) is 0 Å². The lowest BCUT2D eigenvalue weighted by Gasteiger charge is -2.29. The topological polar surface area (TPSA) is 65.5 Å². The molecular weight excluding hydrogens is 302 g/mol. The lowest BCUT2D eigenvalue weighted by molar-refractivity contribution is 0.0832. The van der Waals surface area contributed by atoms with Crippen LogP contribution in [0.25, 0.3) is 0 Å². The molecule has 2 aromatic rings. The highest BCUT2D eigenvalue weighted by atomic mass is 16.3. The van der Waals surface area contributed by atoms with Gasteiger partial charge in [-0.3, -0.25) is 9.78 Å². The first kappa shape index (κ1) is 16.6. The van der Waals surface area contributed by atoms with Crippen molar-refractivity contribution < 1.29 is 9.90 Å². The van der Waals surface area contributed by atoms with E-state index in [0.29, 0.717) is 5.56 Å². The van der Waals surface area contributed by atoms with Crippen molar-refractivity contribution in [3.8, 4) is 0 Å². The fourth-order valence-electron chi connectivity index (χ4n) is 2.89. The highest BCUT2D eigenvalue weighted by Crippen LogP contribution is 2.14. The van der Waals surface area contributed by atoms with Gasteiger partial charge in [-0.1, -0.05) is 12.1 Å². The van der Waals surface area contributed by atoms with Gasteiger partial charge in [0.25, 0.3) is 5.91 Å². The van der Waals surface area contributed by atoms with Crippen LogP contribution in [0.3, 0.4) is 0 Å². The minimum absolute atomic E-state index is 0.121. The van der Waals surface area contributed by atoms with Crippen molar-refractivity contribution in [1.29, 1.82) is 0 Å². The third kappa shape index (κ3) is 4.63. The summed E-state index contributed by atoms with van der Waals surface area (Å²) >= 11 is 0. The number of nitrogens with zero attached hydrogens (tertiary/aromatic N) is 2. The normalized spacial score (nSPS) is 16.0. The van der Waals surface area contributed by atoms with Crippen LogP contribution in [0.4, 0.5) is 5.69 Å². The Kier molecular flexibility index (Phi) is 5.56. The lowest BCUT2D eigenvalue weighted by atomic mass is 10.1. The van der Waals surface area contributed by atoms with E-state index in [-0.39, 0.29) is 12.0 Å². The Morgan fingerprint density at radius 3 is 2.46 bits per heavy atom. The molecule has 1 aromatic heterocycles. The molecule has 0 radical (unpaired) electrons. The fourth-order valence-corrected chi connectivity index (χ4v) is 2.89. The Morgan fingerprint density at radius 2 is 1.79 bits per heavy atom. The SMILES string of the molecule is O=C(Nc1ccc(CCN2CCC(O)CC2)cc1)c1ccncc1. The van der Waals surface area contributed by atoms with Gasteiger partial charge in [0, 0.05) is 43.3 Å². The molecule has 1 fully saturated rings. The van der Waals surface area contributed by atoms with Crippen LogP contribution in [0.1, 0.15) is 28.8 Å². The van der Waals surface area contributed by atoms with E-state index in [1.165, 1.54) is 5.56 Å². The van der Waals surface area contributed by atoms with Crippen molar-refractivity contribution in [2.24, 2.45) is 0 Å². The number of piperidine rings is 1. The molecule has 0 bridgehead atoms. The Hall–Kier alpha value is -2.24. The molecule has 1 aliphatic heterocycles. The Morgan fingerprint density at radius 1 is 1.12 bits per heavy atom. The summed E-state index contributed by atoms with van der Waals surface area (Å²) in [6.07, 6.45) is 5.83. The van der Waals surface area contributed by atoms with Gasteiger partial charge in [-0.05, 0) is 49.1 Å². The number of nitrogens with one attached hydrogen (secondary N) is 1. The van der Waals surface area contributed by atoms with E-state index in [0.717, 1.165) is 44.6 Å². The Bertz CT molecular complexity index is 650. The van der Waals surface area contributed by atoms with Crippen LogP contribution < -0.4 is 5.32 Å². The molecule has 1 saturated heterocycles. The summed E-state index contributed by atoms with van der Waals surface area (Å²) in [5.74, 6) is -0.128. The molecule has 1 aliphatic rings. The number of hydrogen-bond acceptors (Lipinski definition) is 4. The van der Waals surface area contributed by atoms with E-state index in [2.05, 4.69) is 27.3 Å². The smallest absolute Gasteiger partial charge is 0.255 e. The number of anilines is 1. The molecule has 0 unspecified atom stereocenters. The molecule has 2 heterocycles. The van der Waals surface area contributed by atoms with Crippen molar-refractivity contribution in [3.63, 3.8) is 0 Å². The number of benzene rings is 1. The first-order chi connectivity index (χ1) is 11.7. The van der Waals surface area contributed by atoms with Gasteiger partial charge in [0.1, 0.15) is 0 Å². The first-order valence-electron chi connectivity index (χ1n) is 8.41. The molecule has 0 aliphatic carbocycles. The molecule has 0 saturated carbocycles. The molecule has 2 N–H and O–H groups in total. The van der Waals surface area contributed by atoms with E-state index in [1.807, 2.05) is 12.1 Å². The van der Waals surface area contributed by atoms with Gasteiger partial charge < -0.3 is 15.3 Å². The lowest BCUT2D eigenvalue weighted by Crippen LogP contribution is -2.37. The van der Waals surface area contributed by atoms with Crippen LogP contribution in [-0.4, -0.2) is 46.6 Å². The number of carbonyl (C=O) groups is 1. The van der Waals surface area contributed by atoms with E-state index >= 15 is 0 Å². The zero-order valence-corrected chi connectivity index (χ0v) is 13.7.